The number of pyridine rings is 1. The number of aromatic nitrogens is 3. The summed E-state index contributed by atoms with van der Waals surface area (Å²) < 4.78 is 31.1. The van der Waals surface area contributed by atoms with E-state index in [1.54, 1.807) is 24.0 Å². The molecule has 0 unspecified atom stereocenters. The first-order chi connectivity index (χ1) is 15.8. The fourth-order valence-electron chi connectivity index (χ4n) is 4.23. The lowest BCUT2D eigenvalue weighted by Crippen LogP contribution is -2.47. The lowest BCUT2D eigenvalue weighted by atomic mass is 10.1. The van der Waals surface area contributed by atoms with Gasteiger partial charge in [-0.2, -0.15) is 5.10 Å². The van der Waals surface area contributed by atoms with E-state index in [1.807, 2.05) is 0 Å². The van der Waals surface area contributed by atoms with Gasteiger partial charge in [0.25, 0.3) is 5.91 Å². The number of benzene rings is 2. The Kier molecular flexibility index (Phi) is 4.92. The molecule has 1 fully saturated rings. The summed E-state index contributed by atoms with van der Waals surface area (Å²) in [5, 5.41) is 7.63. The molecule has 0 atom stereocenters. The number of hydrogen-bond acceptors (Lipinski definition) is 5. The summed E-state index contributed by atoms with van der Waals surface area (Å²) in [6.07, 6.45) is 2.37. The highest BCUT2D eigenvalue weighted by Gasteiger charge is 2.32. The van der Waals surface area contributed by atoms with Gasteiger partial charge in [-0.15, -0.1) is 0 Å². The zero-order valence-corrected chi connectivity index (χ0v) is 17.8. The molecule has 0 radical (unpaired) electrons. The highest BCUT2D eigenvalue weighted by Crippen LogP contribution is 2.30. The average Bonchev–Trinajstić information content (AvgIpc) is 3.39. The van der Waals surface area contributed by atoms with E-state index >= 15 is 4.39 Å². The minimum absolute atomic E-state index is 0.202. The molecule has 2 amide bonds. The first kappa shape index (κ1) is 20.8. The smallest absolute Gasteiger partial charge is 0.275 e. The second-order valence-corrected chi connectivity index (χ2v) is 7.95. The number of anilines is 1. The van der Waals surface area contributed by atoms with Crippen molar-refractivity contribution in [2.75, 3.05) is 12.3 Å². The molecule has 1 aliphatic heterocycles. The van der Waals surface area contributed by atoms with E-state index < -0.39 is 17.5 Å². The monoisotopic (exact) mass is 450 g/mol. The molecular formula is C23H20F2N6O2. The molecule has 2 aromatic heterocycles. The maximum atomic E-state index is 15.2. The third-order valence-electron chi connectivity index (χ3n) is 5.88. The van der Waals surface area contributed by atoms with E-state index in [0.717, 1.165) is 11.1 Å². The van der Waals surface area contributed by atoms with Crippen molar-refractivity contribution in [2.24, 2.45) is 7.05 Å². The average molecular weight is 450 g/mol. The van der Waals surface area contributed by atoms with Crippen molar-refractivity contribution in [1.82, 2.24) is 24.8 Å². The summed E-state index contributed by atoms with van der Waals surface area (Å²) in [5.74, 6) is -2.15. The van der Waals surface area contributed by atoms with Gasteiger partial charge >= 0.3 is 0 Å². The molecule has 168 valence electrons. The van der Waals surface area contributed by atoms with Crippen molar-refractivity contribution in [2.45, 2.75) is 19.4 Å². The predicted molar refractivity (Wildman–Crippen MR) is 118 cm³/mol. The van der Waals surface area contributed by atoms with Crippen LogP contribution in [-0.4, -0.2) is 43.1 Å². The van der Waals surface area contributed by atoms with E-state index in [1.165, 1.54) is 29.3 Å². The number of carbonyl (C=O) groups is 2. The van der Waals surface area contributed by atoms with Crippen LogP contribution < -0.4 is 5.73 Å². The van der Waals surface area contributed by atoms with Crippen LogP contribution in [0.25, 0.3) is 21.8 Å². The van der Waals surface area contributed by atoms with Gasteiger partial charge in [0.1, 0.15) is 17.5 Å². The molecule has 4 aromatic rings. The van der Waals surface area contributed by atoms with Crippen molar-refractivity contribution < 1.29 is 18.4 Å². The quantitative estimate of drug-likeness (QED) is 0.515. The predicted octanol–water partition coefficient (Wildman–Crippen LogP) is 3.16. The van der Waals surface area contributed by atoms with Crippen LogP contribution in [0.2, 0.25) is 0 Å². The molecule has 0 saturated carbocycles. The number of halogens is 2. The summed E-state index contributed by atoms with van der Waals surface area (Å²) in [6, 6.07) is 8.50. The number of nitrogen functional groups attached to an aromatic ring is 1. The third kappa shape index (κ3) is 3.43. The Balaban J connectivity index is 1.65. The zero-order valence-electron chi connectivity index (χ0n) is 17.8. The van der Waals surface area contributed by atoms with Gasteiger partial charge in [0.05, 0.1) is 34.7 Å². The minimum atomic E-state index is -0.814. The Bertz CT molecular complexity index is 1430. The maximum Gasteiger partial charge on any atom is 0.275 e. The number of hydrazine groups is 1. The van der Waals surface area contributed by atoms with Crippen LogP contribution in [0.5, 0.6) is 0 Å². The Hall–Kier alpha value is -4.08. The van der Waals surface area contributed by atoms with Crippen molar-refractivity contribution in [3.63, 3.8) is 0 Å². The number of fused-ring (bicyclic) bond motifs is 3. The maximum absolute atomic E-state index is 15.2. The second-order valence-electron chi connectivity index (χ2n) is 7.95. The molecule has 1 aliphatic rings. The van der Waals surface area contributed by atoms with E-state index in [-0.39, 0.29) is 47.9 Å². The van der Waals surface area contributed by atoms with Crippen LogP contribution in [-0.2, 0) is 18.4 Å². The van der Waals surface area contributed by atoms with Crippen LogP contribution in [0.1, 0.15) is 28.8 Å². The highest BCUT2D eigenvalue weighted by molar-refractivity contribution is 6.10. The molecule has 33 heavy (non-hydrogen) atoms. The van der Waals surface area contributed by atoms with Crippen LogP contribution in [0.15, 0.2) is 42.6 Å². The standard InChI is InChI=1S/C23H20F2N6O2/c1-29-21-15-9-14(18(25)10-19(15)28-22(26)16(21)11-27-29)23(33)31(30-8-4-7-20(30)32)12-13-5-2-3-6-17(13)24/h2-3,5-6,9-11H,4,7-8,12H2,1H3,(H2,26,28). The molecule has 2 aromatic carbocycles. The molecule has 0 bridgehead atoms. The molecule has 10 heteroatoms. The van der Waals surface area contributed by atoms with Crippen LogP contribution in [0.3, 0.4) is 0 Å². The van der Waals surface area contributed by atoms with E-state index in [0.29, 0.717) is 22.7 Å². The Morgan fingerprint density at radius 3 is 2.70 bits per heavy atom. The van der Waals surface area contributed by atoms with Gasteiger partial charge in [-0.1, -0.05) is 18.2 Å². The molecule has 3 heterocycles. The summed E-state index contributed by atoms with van der Waals surface area (Å²) in [4.78, 5) is 30.3. The molecule has 0 spiro atoms. The minimum Gasteiger partial charge on any atom is -0.383 e. The summed E-state index contributed by atoms with van der Waals surface area (Å²) >= 11 is 0. The fourth-order valence-corrected chi connectivity index (χ4v) is 4.23. The normalized spacial score (nSPS) is 13.9. The first-order valence-electron chi connectivity index (χ1n) is 10.4. The second kappa shape index (κ2) is 7.80. The molecule has 0 aliphatic carbocycles. The Labute approximate surface area is 187 Å². The zero-order chi connectivity index (χ0) is 23.3. The topological polar surface area (TPSA) is 97.3 Å². The molecular weight excluding hydrogens is 430 g/mol. The number of hydrogen-bond donors (Lipinski definition) is 1. The van der Waals surface area contributed by atoms with Crippen molar-refractivity contribution in [1.29, 1.82) is 0 Å². The lowest BCUT2D eigenvalue weighted by molar-refractivity contribution is -0.140. The Morgan fingerprint density at radius 2 is 1.97 bits per heavy atom. The number of aryl methyl sites for hydroxylation is 1. The first-order valence-corrected chi connectivity index (χ1v) is 10.4. The summed E-state index contributed by atoms with van der Waals surface area (Å²) in [5.41, 5.74) is 6.82. The van der Waals surface area contributed by atoms with Crippen molar-refractivity contribution in [3.05, 3.63) is 65.4 Å². The van der Waals surface area contributed by atoms with Crippen molar-refractivity contribution >= 4 is 39.4 Å². The van der Waals surface area contributed by atoms with Crippen LogP contribution >= 0.6 is 0 Å². The van der Waals surface area contributed by atoms with Gasteiger partial charge in [-0.25, -0.2) is 18.8 Å². The molecule has 8 nitrogen and oxygen atoms in total. The number of amides is 2. The number of nitrogens with two attached hydrogens (primary N) is 1. The van der Waals surface area contributed by atoms with Crippen LogP contribution in [0.4, 0.5) is 14.6 Å². The van der Waals surface area contributed by atoms with Gasteiger partial charge in [-0.05, 0) is 18.6 Å². The van der Waals surface area contributed by atoms with Gasteiger partial charge in [-0.3, -0.25) is 19.3 Å². The lowest BCUT2D eigenvalue weighted by Gasteiger charge is -2.32. The number of carbonyl (C=O) groups excluding carboxylic acids is 2. The van der Waals surface area contributed by atoms with E-state index in [2.05, 4.69) is 10.1 Å². The number of rotatable bonds is 4. The fraction of sp³-hybridized carbons (Fsp3) is 0.217. The van der Waals surface area contributed by atoms with Gasteiger partial charge in [0.15, 0.2) is 0 Å². The van der Waals surface area contributed by atoms with E-state index in [4.69, 9.17) is 5.73 Å². The summed E-state index contributed by atoms with van der Waals surface area (Å²) in [6.45, 7) is 0.0775. The van der Waals surface area contributed by atoms with Gasteiger partial charge < -0.3 is 5.73 Å². The Morgan fingerprint density at radius 1 is 1.18 bits per heavy atom. The SMILES string of the molecule is Cn1ncc2c(N)nc3cc(F)c(C(=O)N(Cc4ccccc4F)N4CCCC4=O)cc3c21. The molecule has 2 N–H and O–H groups in total. The highest BCUT2D eigenvalue weighted by atomic mass is 19.1. The summed E-state index contributed by atoms with van der Waals surface area (Å²) in [7, 11) is 1.71. The molecule has 5 rings (SSSR count). The van der Waals surface area contributed by atoms with E-state index in [9.17, 15) is 14.0 Å². The van der Waals surface area contributed by atoms with Crippen molar-refractivity contribution in [3.8, 4) is 0 Å². The van der Waals surface area contributed by atoms with Gasteiger partial charge in [0.2, 0.25) is 5.91 Å². The van der Waals surface area contributed by atoms with Gasteiger partial charge in [0, 0.05) is 37.0 Å². The molecule has 1 saturated heterocycles. The van der Waals surface area contributed by atoms with Crippen LogP contribution in [0, 0.1) is 11.6 Å². The largest absolute Gasteiger partial charge is 0.383 e. The number of nitrogens with zero attached hydrogens (tertiary/aromatic N) is 5. The third-order valence-corrected chi connectivity index (χ3v) is 5.88.